The van der Waals surface area contributed by atoms with E-state index in [1.807, 2.05) is 0 Å². The maximum absolute atomic E-state index is 11.4. The second kappa shape index (κ2) is 7.65. The zero-order valence-corrected chi connectivity index (χ0v) is 9.63. The minimum Gasteiger partial charge on any atom is -0.353 e. The third-order valence-electron chi connectivity index (χ3n) is 2.52. The standard InChI is InChI=1S/C11H22N2O2/c1-2-3-5-8-11(14)15-13-10-7-4-6-9-12-13/h12H,2-10H2,1H3. The van der Waals surface area contributed by atoms with Crippen LogP contribution >= 0.6 is 0 Å². The van der Waals surface area contributed by atoms with E-state index in [1.54, 1.807) is 5.17 Å². The van der Waals surface area contributed by atoms with Gasteiger partial charge in [0.15, 0.2) is 0 Å². The van der Waals surface area contributed by atoms with Gasteiger partial charge in [-0.05, 0) is 19.3 Å². The summed E-state index contributed by atoms with van der Waals surface area (Å²) in [6.45, 7) is 3.84. The van der Waals surface area contributed by atoms with Crippen LogP contribution in [0.25, 0.3) is 0 Å². The predicted octanol–water partition coefficient (Wildman–Crippen LogP) is 2.02. The van der Waals surface area contributed by atoms with Gasteiger partial charge in [0.25, 0.3) is 0 Å². The number of hydroxylamine groups is 1. The molecule has 0 aromatic heterocycles. The van der Waals surface area contributed by atoms with Gasteiger partial charge in [0, 0.05) is 13.0 Å². The Morgan fingerprint density at radius 2 is 2.20 bits per heavy atom. The summed E-state index contributed by atoms with van der Waals surface area (Å²) in [5.41, 5.74) is 3.09. The molecule has 1 N–H and O–H groups in total. The predicted molar refractivity (Wildman–Crippen MR) is 58.8 cm³/mol. The molecule has 0 bridgehead atoms. The van der Waals surface area contributed by atoms with Crippen molar-refractivity contribution in [3.63, 3.8) is 0 Å². The van der Waals surface area contributed by atoms with Gasteiger partial charge in [-0.1, -0.05) is 31.4 Å². The van der Waals surface area contributed by atoms with E-state index < -0.39 is 0 Å². The first kappa shape index (κ1) is 12.5. The molecule has 0 aromatic carbocycles. The van der Waals surface area contributed by atoms with Gasteiger partial charge in [-0.25, -0.2) is 5.43 Å². The maximum atomic E-state index is 11.4. The van der Waals surface area contributed by atoms with Crippen LogP contribution in [0.5, 0.6) is 0 Å². The summed E-state index contributed by atoms with van der Waals surface area (Å²) in [5.74, 6) is -0.113. The summed E-state index contributed by atoms with van der Waals surface area (Å²) in [6, 6.07) is 0. The van der Waals surface area contributed by atoms with Crippen molar-refractivity contribution in [1.82, 2.24) is 10.6 Å². The van der Waals surface area contributed by atoms with Crippen molar-refractivity contribution in [2.24, 2.45) is 0 Å². The lowest BCUT2D eigenvalue weighted by Gasteiger charge is -2.19. The Balaban J connectivity index is 2.12. The monoisotopic (exact) mass is 214 g/mol. The van der Waals surface area contributed by atoms with Crippen molar-refractivity contribution >= 4 is 5.97 Å². The number of carbonyl (C=O) groups is 1. The number of hydrazine groups is 1. The third kappa shape index (κ3) is 5.74. The maximum Gasteiger partial charge on any atom is 0.326 e. The molecule has 1 fully saturated rings. The van der Waals surface area contributed by atoms with E-state index in [1.165, 1.54) is 6.42 Å². The Morgan fingerprint density at radius 1 is 1.33 bits per heavy atom. The van der Waals surface area contributed by atoms with Crippen molar-refractivity contribution in [2.45, 2.75) is 51.9 Å². The highest BCUT2D eigenvalue weighted by Gasteiger charge is 2.12. The second-order valence-electron chi connectivity index (χ2n) is 3.99. The molecule has 0 unspecified atom stereocenters. The van der Waals surface area contributed by atoms with Crippen molar-refractivity contribution in [3.8, 4) is 0 Å². The molecular formula is C11H22N2O2. The molecule has 0 atom stereocenters. The summed E-state index contributed by atoms with van der Waals surface area (Å²) in [4.78, 5) is 16.6. The van der Waals surface area contributed by atoms with Crippen molar-refractivity contribution < 1.29 is 9.63 Å². The van der Waals surface area contributed by atoms with Gasteiger partial charge < -0.3 is 4.84 Å². The number of hydrogen-bond donors (Lipinski definition) is 1. The van der Waals surface area contributed by atoms with Gasteiger partial charge in [-0.3, -0.25) is 4.79 Å². The average Bonchev–Trinajstić information content (AvgIpc) is 2.47. The molecule has 0 amide bonds. The molecule has 0 radical (unpaired) electrons. The van der Waals surface area contributed by atoms with Crippen molar-refractivity contribution in [3.05, 3.63) is 0 Å². The third-order valence-corrected chi connectivity index (χ3v) is 2.52. The van der Waals surface area contributed by atoms with E-state index in [9.17, 15) is 4.79 Å². The Kier molecular flexibility index (Phi) is 6.36. The van der Waals surface area contributed by atoms with Gasteiger partial charge in [-0.2, -0.15) is 0 Å². The summed E-state index contributed by atoms with van der Waals surface area (Å²) < 4.78 is 0. The molecule has 1 aliphatic rings. The molecule has 88 valence electrons. The minimum absolute atomic E-state index is 0.113. The Labute approximate surface area is 91.9 Å². The van der Waals surface area contributed by atoms with Gasteiger partial charge in [0.2, 0.25) is 0 Å². The molecule has 1 aliphatic heterocycles. The van der Waals surface area contributed by atoms with Crippen LogP contribution in [0.1, 0.15) is 51.9 Å². The summed E-state index contributed by atoms with van der Waals surface area (Å²) >= 11 is 0. The number of rotatable bonds is 5. The number of hydrogen-bond acceptors (Lipinski definition) is 4. The lowest BCUT2D eigenvalue weighted by atomic mass is 10.2. The molecule has 4 nitrogen and oxygen atoms in total. The SMILES string of the molecule is CCCCCC(=O)ON1CCCCCN1. The number of nitrogens with one attached hydrogen (secondary N) is 1. The first-order valence-electron chi connectivity index (χ1n) is 6.04. The van der Waals surface area contributed by atoms with E-state index in [4.69, 9.17) is 4.84 Å². The van der Waals surface area contributed by atoms with E-state index in [0.717, 1.165) is 45.2 Å². The van der Waals surface area contributed by atoms with Crippen molar-refractivity contribution in [1.29, 1.82) is 0 Å². The first-order chi connectivity index (χ1) is 7.33. The highest BCUT2D eigenvalue weighted by Crippen LogP contribution is 2.05. The van der Waals surface area contributed by atoms with Crippen LogP contribution < -0.4 is 5.43 Å². The van der Waals surface area contributed by atoms with Crippen LogP contribution in [0.4, 0.5) is 0 Å². The van der Waals surface area contributed by atoms with Crippen molar-refractivity contribution in [2.75, 3.05) is 13.1 Å². The lowest BCUT2D eigenvalue weighted by molar-refractivity contribution is -0.205. The molecule has 1 saturated heterocycles. The van der Waals surface area contributed by atoms with E-state index in [0.29, 0.717) is 6.42 Å². The van der Waals surface area contributed by atoms with Crippen LogP contribution in [0.3, 0.4) is 0 Å². The number of nitrogens with zero attached hydrogens (tertiary/aromatic N) is 1. The van der Waals surface area contributed by atoms with E-state index in [-0.39, 0.29) is 5.97 Å². The molecule has 0 spiro atoms. The number of unbranched alkanes of at least 4 members (excludes halogenated alkanes) is 2. The normalized spacial score (nSPS) is 18.5. The van der Waals surface area contributed by atoms with E-state index >= 15 is 0 Å². The Morgan fingerprint density at radius 3 is 3.00 bits per heavy atom. The van der Waals surface area contributed by atoms with Crippen LogP contribution in [0, 0.1) is 0 Å². The molecule has 0 aliphatic carbocycles. The quantitative estimate of drug-likeness (QED) is 0.711. The van der Waals surface area contributed by atoms with Gasteiger partial charge >= 0.3 is 5.97 Å². The zero-order valence-electron chi connectivity index (χ0n) is 9.63. The Hall–Kier alpha value is -0.610. The van der Waals surface area contributed by atoms with Gasteiger partial charge in [0.1, 0.15) is 0 Å². The van der Waals surface area contributed by atoms with Crippen LogP contribution in [0.2, 0.25) is 0 Å². The smallest absolute Gasteiger partial charge is 0.326 e. The average molecular weight is 214 g/mol. The molecular weight excluding hydrogens is 192 g/mol. The molecule has 0 saturated carbocycles. The topological polar surface area (TPSA) is 41.6 Å². The summed E-state index contributed by atoms with van der Waals surface area (Å²) in [5, 5.41) is 1.60. The molecule has 4 heteroatoms. The highest BCUT2D eigenvalue weighted by atomic mass is 16.7. The molecule has 1 heterocycles. The summed E-state index contributed by atoms with van der Waals surface area (Å²) in [7, 11) is 0. The van der Waals surface area contributed by atoms with Crippen LogP contribution in [-0.4, -0.2) is 24.2 Å². The largest absolute Gasteiger partial charge is 0.353 e. The first-order valence-corrected chi connectivity index (χ1v) is 6.04. The highest BCUT2D eigenvalue weighted by molar-refractivity contribution is 5.68. The molecule has 15 heavy (non-hydrogen) atoms. The fourth-order valence-electron chi connectivity index (χ4n) is 1.61. The minimum atomic E-state index is -0.113. The van der Waals surface area contributed by atoms with Crippen LogP contribution in [-0.2, 0) is 9.63 Å². The summed E-state index contributed by atoms with van der Waals surface area (Å²) in [6.07, 6.45) is 7.16. The lowest BCUT2D eigenvalue weighted by Crippen LogP contribution is -2.39. The fourth-order valence-corrected chi connectivity index (χ4v) is 1.61. The Bertz CT molecular complexity index is 177. The van der Waals surface area contributed by atoms with Gasteiger partial charge in [-0.15, -0.1) is 0 Å². The molecule has 1 rings (SSSR count). The fraction of sp³-hybridized carbons (Fsp3) is 0.909. The molecule has 0 aromatic rings. The van der Waals surface area contributed by atoms with Crippen LogP contribution in [0.15, 0.2) is 0 Å². The number of carbonyl (C=O) groups excluding carboxylic acids is 1. The second-order valence-corrected chi connectivity index (χ2v) is 3.99. The van der Waals surface area contributed by atoms with Gasteiger partial charge in [0.05, 0.1) is 6.54 Å². The zero-order chi connectivity index (χ0) is 10.9. The van der Waals surface area contributed by atoms with E-state index in [2.05, 4.69) is 12.3 Å².